The monoisotopic (exact) mass is 712 g/mol. The molecule has 2 saturated heterocycles. The Kier molecular flexibility index (Phi) is 19.8. The summed E-state index contributed by atoms with van der Waals surface area (Å²) in [6.45, 7) is 11.2. The fourth-order valence-electron chi connectivity index (χ4n) is 5.20. The minimum atomic E-state index is -0.819. The number of hydrogen-bond donors (Lipinski definition) is 1. The van der Waals surface area contributed by atoms with E-state index in [0.29, 0.717) is 18.6 Å². The van der Waals surface area contributed by atoms with Gasteiger partial charge < -0.3 is 12.0 Å². The Morgan fingerprint density at radius 2 is 1.10 bits per heavy atom. The van der Waals surface area contributed by atoms with Crippen molar-refractivity contribution in [2.45, 2.75) is 64.1 Å². The van der Waals surface area contributed by atoms with Crippen LogP contribution < -0.4 is 18.9 Å². The van der Waals surface area contributed by atoms with E-state index in [0.717, 1.165) is 68.6 Å². The first-order valence-electron chi connectivity index (χ1n) is 16.4. The second-order valence-corrected chi connectivity index (χ2v) is 12.8. The third-order valence-corrected chi connectivity index (χ3v) is 8.66. The van der Waals surface area contributed by atoms with Crippen LogP contribution in [0, 0.1) is 18.6 Å². The van der Waals surface area contributed by atoms with Crippen LogP contribution in [0.1, 0.15) is 62.1 Å². The van der Waals surface area contributed by atoms with Gasteiger partial charge in [0, 0.05) is 56.6 Å². The van der Waals surface area contributed by atoms with Crippen LogP contribution >= 0.6 is 15.9 Å². The number of piperidine rings is 2. The van der Waals surface area contributed by atoms with Gasteiger partial charge in [0.1, 0.15) is 17.4 Å². The van der Waals surface area contributed by atoms with Gasteiger partial charge in [0.25, 0.3) is 0 Å². The second-order valence-electron chi connectivity index (χ2n) is 11.9. The molecule has 2 fully saturated rings. The largest absolute Gasteiger partial charge is 1.00 e. The van der Waals surface area contributed by atoms with E-state index in [2.05, 4.69) is 76.0 Å². The molecule has 48 heavy (non-hydrogen) atoms. The number of aliphatic hydroxyl groups is 1. The molecule has 2 aliphatic heterocycles. The van der Waals surface area contributed by atoms with Crippen molar-refractivity contribution in [2.24, 2.45) is 0 Å². The van der Waals surface area contributed by atoms with Gasteiger partial charge in [0.15, 0.2) is 0 Å². The maximum atomic E-state index is 13.0. The van der Waals surface area contributed by atoms with Crippen molar-refractivity contribution in [3.05, 3.63) is 149 Å². The average molecular weight is 714 g/mol. The van der Waals surface area contributed by atoms with Gasteiger partial charge >= 0.3 is 18.9 Å². The van der Waals surface area contributed by atoms with Crippen LogP contribution in [0.4, 0.5) is 8.78 Å². The molecule has 0 aliphatic carbocycles. The zero-order valence-corrected chi connectivity index (χ0v) is 30.1. The molecule has 0 bridgehead atoms. The van der Waals surface area contributed by atoms with Crippen LogP contribution in [0.15, 0.2) is 114 Å². The summed E-state index contributed by atoms with van der Waals surface area (Å²) in [6.07, 6.45) is 5.11. The number of rotatable bonds is 6. The third-order valence-electron chi connectivity index (χ3n) is 8.13. The van der Waals surface area contributed by atoms with E-state index < -0.39 is 5.60 Å². The van der Waals surface area contributed by atoms with Crippen LogP contribution in [0.2, 0.25) is 0 Å². The maximum Gasteiger partial charge on any atom is 1.00 e. The normalized spacial score (nSPS) is 15.7. The van der Waals surface area contributed by atoms with E-state index in [4.69, 9.17) is 0 Å². The molecule has 0 unspecified atom stereocenters. The zero-order chi connectivity index (χ0) is 33.9. The summed E-state index contributed by atoms with van der Waals surface area (Å²) in [6, 6.07) is 33.2. The van der Waals surface area contributed by atoms with Gasteiger partial charge in [-0.05, 0) is 65.9 Å². The Bertz CT molecular complexity index is 1390. The van der Waals surface area contributed by atoms with Crippen molar-refractivity contribution in [2.75, 3.05) is 26.2 Å². The molecule has 0 radical (unpaired) electrons. The van der Waals surface area contributed by atoms with Gasteiger partial charge in [0.05, 0.1) is 5.60 Å². The number of carbonyl (C=O) groups excluding carboxylic acids is 1. The molecule has 0 spiro atoms. The van der Waals surface area contributed by atoms with Crippen molar-refractivity contribution in [1.82, 2.24) is 9.80 Å². The SMILES string of the molecule is Fc1ccc(Br)cc1.O=C1CCN(Cc2ccccc2)CC1.OC1(c2ccc(F)cc2)CCN(Cc2ccccc2)CC1.[CH2-]CCC.[Li+]. The number of halogens is 3. The first kappa shape index (κ1) is 41.5. The third kappa shape index (κ3) is 15.7. The number of likely N-dealkylation sites (tertiary alicyclic amines) is 2. The molecule has 0 saturated carbocycles. The van der Waals surface area contributed by atoms with E-state index in [1.165, 1.54) is 41.8 Å². The number of hydrogen-bond acceptors (Lipinski definition) is 4. The molecular formula is C40H48BrF2LiN2O2. The quantitative estimate of drug-likeness (QED) is 0.186. The number of benzene rings is 4. The summed E-state index contributed by atoms with van der Waals surface area (Å²) < 4.78 is 26.0. The molecule has 4 aromatic rings. The van der Waals surface area contributed by atoms with E-state index in [9.17, 15) is 18.7 Å². The fourth-order valence-corrected chi connectivity index (χ4v) is 5.47. The molecule has 0 atom stereocenters. The molecule has 8 heteroatoms. The molecule has 0 aromatic heterocycles. The Morgan fingerprint density at radius 3 is 1.50 bits per heavy atom. The Balaban J connectivity index is 0.000000255. The van der Waals surface area contributed by atoms with E-state index in [-0.39, 0.29) is 30.5 Å². The Hall–Kier alpha value is -2.63. The predicted molar refractivity (Wildman–Crippen MR) is 192 cm³/mol. The summed E-state index contributed by atoms with van der Waals surface area (Å²) in [5.41, 5.74) is 2.63. The molecule has 4 aromatic carbocycles. The summed E-state index contributed by atoms with van der Waals surface area (Å²) >= 11 is 3.18. The zero-order valence-electron chi connectivity index (χ0n) is 28.5. The van der Waals surface area contributed by atoms with Gasteiger partial charge in [-0.15, -0.1) is 0 Å². The van der Waals surface area contributed by atoms with Crippen molar-refractivity contribution in [3.8, 4) is 0 Å². The summed E-state index contributed by atoms with van der Waals surface area (Å²) in [5.74, 6) is -0.0497. The number of ketones is 1. The average Bonchev–Trinajstić information content (AvgIpc) is 3.10. The van der Waals surface area contributed by atoms with Crippen molar-refractivity contribution in [3.63, 3.8) is 0 Å². The smallest absolute Gasteiger partial charge is 0.385 e. The first-order valence-corrected chi connectivity index (χ1v) is 17.2. The molecular weight excluding hydrogens is 665 g/mol. The van der Waals surface area contributed by atoms with Crippen molar-refractivity contribution < 1.29 is 37.5 Å². The van der Waals surface area contributed by atoms with Crippen molar-refractivity contribution >= 4 is 21.7 Å². The molecule has 6 rings (SSSR count). The standard InChI is InChI=1S/C18H20FNO.C12H15NO.C6H4BrF.C4H9.Li/c19-17-8-6-16(7-9-17)18(21)10-12-20(13-11-18)14-15-4-2-1-3-5-15;14-12-6-8-13(9-7-12)10-11-4-2-1-3-5-11;7-5-1-3-6(8)4-2-5;1-3-4-2;/h1-9,21H,10-14H2;1-5H,6-10H2;1-4H;1,3-4H2,2H3;/q;;;-1;+1. The van der Waals surface area contributed by atoms with Crippen LogP contribution in [0.5, 0.6) is 0 Å². The number of nitrogens with zero attached hydrogens (tertiary/aromatic N) is 2. The van der Waals surface area contributed by atoms with Gasteiger partial charge in [-0.3, -0.25) is 14.6 Å². The van der Waals surface area contributed by atoms with Crippen LogP contribution in [0.25, 0.3) is 0 Å². The van der Waals surface area contributed by atoms with E-state index in [1.807, 2.05) is 24.3 Å². The van der Waals surface area contributed by atoms with Crippen LogP contribution in [-0.2, 0) is 23.5 Å². The number of unbranched alkanes of at least 4 members (excludes halogenated alkanes) is 1. The summed E-state index contributed by atoms with van der Waals surface area (Å²) in [5, 5.41) is 10.8. The van der Waals surface area contributed by atoms with Gasteiger partial charge in [-0.2, -0.15) is 6.42 Å². The Labute approximate surface area is 306 Å². The minimum absolute atomic E-state index is 0. The van der Waals surface area contributed by atoms with Gasteiger partial charge in [-0.25, -0.2) is 8.78 Å². The first-order chi connectivity index (χ1) is 22.7. The van der Waals surface area contributed by atoms with Crippen LogP contribution in [-0.4, -0.2) is 46.9 Å². The number of carbonyl (C=O) groups is 1. The van der Waals surface area contributed by atoms with E-state index >= 15 is 0 Å². The van der Waals surface area contributed by atoms with E-state index in [1.54, 1.807) is 24.3 Å². The summed E-state index contributed by atoms with van der Waals surface area (Å²) in [4.78, 5) is 15.7. The topological polar surface area (TPSA) is 43.8 Å². The number of Topliss-reactive ketones (excluding diaryl/α,β-unsaturated/α-hetero) is 1. The maximum absolute atomic E-state index is 13.0. The van der Waals surface area contributed by atoms with Crippen molar-refractivity contribution in [1.29, 1.82) is 0 Å². The molecule has 252 valence electrons. The van der Waals surface area contributed by atoms with Gasteiger partial charge in [0.2, 0.25) is 0 Å². The Morgan fingerprint density at radius 1 is 0.708 bits per heavy atom. The van der Waals surface area contributed by atoms with Crippen LogP contribution in [0.3, 0.4) is 0 Å². The fraction of sp³-hybridized carbons (Fsp3) is 0.350. The molecule has 2 heterocycles. The molecule has 0 amide bonds. The molecule has 1 N–H and O–H groups in total. The summed E-state index contributed by atoms with van der Waals surface area (Å²) in [7, 11) is 0. The minimum Gasteiger partial charge on any atom is -0.385 e. The predicted octanol–water partition coefficient (Wildman–Crippen LogP) is 6.37. The second kappa shape index (κ2) is 22.9. The molecule has 2 aliphatic rings. The molecule has 4 nitrogen and oxygen atoms in total. The van der Waals surface area contributed by atoms with Gasteiger partial charge in [-0.1, -0.05) is 102 Å².